The van der Waals surface area contributed by atoms with E-state index in [1.165, 1.54) is 0 Å². The number of carboxylic acid groups (broad SMARTS) is 1. The molecule has 0 bridgehead atoms. The number of carbonyl (C=O) groups is 2. The van der Waals surface area contributed by atoms with Crippen LogP contribution in [0.3, 0.4) is 0 Å². The Morgan fingerprint density at radius 3 is 2.10 bits per heavy atom. The van der Waals surface area contributed by atoms with Gasteiger partial charge in [0.05, 0.1) is 0 Å². The van der Waals surface area contributed by atoms with E-state index < -0.39 is 12.1 Å². The lowest BCUT2D eigenvalue weighted by Crippen LogP contribution is -2.21. The van der Waals surface area contributed by atoms with E-state index in [1.54, 1.807) is 12.1 Å². The van der Waals surface area contributed by atoms with Crippen molar-refractivity contribution < 1.29 is 32.6 Å². The normalized spacial score (nSPS) is 10.2. The first kappa shape index (κ1) is 17.9. The van der Waals surface area contributed by atoms with E-state index in [-0.39, 0.29) is 5.97 Å². The molecule has 0 aliphatic rings. The number of para-hydroxylation sites is 1. The molecular formula is C12H14F3NO4. The Morgan fingerprint density at radius 2 is 1.70 bits per heavy atom. The second kappa shape index (κ2) is 8.92. The summed E-state index contributed by atoms with van der Waals surface area (Å²) >= 11 is 0. The summed E-state index contributed by atoms with van der Waals surface area (Å²) in [7, 11) is 0. The van der Waals surface area contributed by atoms with Gasteiger partial charge in [-0.15, -0.1) is 0 Å². The second-order valence-electron chi connectivity index (χ2n) is 3.48. The van der Waals surface area contributed by atoms with E-state index in [9.17, 15) is 18.0 Å². The Kier molecular flexibility index (Phi) is 7.98. The van der Waals surface area contributed by atoms with Crippen molar-refractivity contribution in [1.82, 2.24) is 0 Å². The number of hydrogen-bond donors (Lipinski definition) is 2. The van der Waals surface area contributed by atoms with Crippen LogP contribution in [0.2, 0.25) is 0 Å². The zero-order chi connectivity index (χ0) is 15.6. The van der Waals surface area contributed by atoms with E-state index >= 15 is 0 Å². The largest absolute Gasteiger partial charge is 0.490 e. The summed E-state index contributed by atoms with van der Waals surface area (Å²) in [5.74, 6) is -2.39. The van der Waals surface area contributed by atoms with Gasteiger partial charge in [0.25, 0.3) is 0 Å². The maximum atomic E-state index is 11.1. The van der Waals surface area contributed by atoms with Crippen molar-refractivity contribution in [3.05, 3.63) is 30.3 Å². The molecule has 0 aliphatic heterocycles. The Hall–Kier alpha value is -2.09. The second-order valence-corrected chi connectivity index (χ2v) is 3.48. The van der Waals surface area contributed by atoms with Crippen molar-refractivity contribution in [2.45, 2.75) is 19.0 Å². The number of nitrogens with two attached hydrogens (primary N) is 1. The van der Waals surface area contributed by atoms with Gasteiger partial charge in [0.15, 0.2) is 0 Å². The molecule has 0 saturated carbocycles. The van der Waals surface area contributed by atoms with Gasteiger partial charge in [-0.2, -0.15) is 13.2 Å². The van der Waals surface area contributed by atoms with Crippen molar-refractivity contribution >= 4 is 11.9 Å². The maximum absolute atomic E-state index is 11.1. The fourth-order valence-electron chi connectivity index (χ4n) is 0.917. The summed E-state index contributed by atoms with van der Waals surface area (Å²) in [6.45, 7) is 0.518. The molecule has 3 N–H and O–H groups in total. The number of alkyl halides is 3. The highest BCUT2D eigenvalue weighted by atomic mass is 19.4. The highest BCUT2D eigenvalue weighted by molar-refractivity contribution is 5.73. The molecule has 0 radical (unpaired) electrons. The highest BCUT2D eigenvalue weighted by Gasteiger charge is 2.38. The SMILES string of the molecule is NCCCC(=O)Oc1ccccc1.O=C(O)C(F)(F)F. The third kappa shape index (κ3) is 8.92. The maximum Gasteiger partial charge on any atom is 0.490 e. The van der Waals surface area contributed by atoms with Gasteiger partial charge in [-0.1, -0.05) is 18.2 Å². The fourth-order valence-corrected chi connectivity index (χ4v) is 0.917. The monoisotopic (exact) mass is 293 g/mol. The molecule has 20 heavy (non-hydrogen) atoms. The van der Waals surface area contributed by atoms with Gasteiger partial charge in [-0.05, 0) is 25.1 Å². The highest BCUT2D eigenvalue weighted by Crippen LogP contribution is 2.13. The van der Waals surface area contributed by atoms with Crippen LogP contribution in [0.4, 0.5) is 13.2 Å². The number of rotatable bonds is 4. The number of carbonyl (C=O) groups excluding carboxylic acids is 1. The van der Waals surface area contributed by atoms with Gasteiger partial charge in [-0.25, -0.2) is 4.79 Å². The lowest BCUT2D eigenvalue weighted by atomic mass is 10.3. The average molecular weight is 293 g/mol. The molecule has 0 spiro atoms. The Labute approximate surface area is 113 Å². The van der Waals surface area contributed by atoms with Crippen molar-refractivity contribution in [1.29, 1.82) is 0 Å². The van der Waals surface area contributed by atoms with Crippen LogP contribution >= 0.6 is 0 Å². The number of carboxylic acids is 1. The van der Waals surface area contributed by atoms with Crippen LogP contribution < -0.4 is 10.5 Å². The predicted octanol–water partition coefficient (Wildman–Crippen LogP) is 1.96. The first-order valence-corrected chi connectivity index (χ1v) is 5.53. The third-order valence-electron chi connectivity index (χ3n) is 1.80. The third-order valence-corrected chi connectivity index (χ3v) is 1.80. The standard InChI is InChI=1S/C10H13NO2.C2HF3O2/c11-8-4-7-10(12)13-9-5-2-1-3-6-9;3-2(4,5)1(6)7/h1-3,5-6H,4,7-8,11H2;(H,6,7). The number of ether oxygens (including phenoxy) is 1. The van der Waals surface area contributed by atoms with E-state index in [2.05, 4.69) is 0 Å². The molecule has 0 unspecified atom stereocenters. The van der Waals surface area contributed by atoms with E-state index in [0.29, 0.717) is 25.1 Å². The summed E-state index contributed by atoms with van der Waals surface area (Å²) in [4.78, 5) is 20.0. The molecule has 0 aromatic heterocycles. The minimum atomic E-state index is -5.08. The van der Waals surface area contributed by atoms with E-state index in [0.717, 1.165) is 0 Å². The fraction of sp³-hybridized carbons (Fsp3) is 0.333. The first-order valence-electron chi connectivity index (χ1n) is 5.53. The lowest BCUT2D eigenvalue weighted by molar-refractivity contribution is -0.192. The molecule has 5 nitrogen and oxygen atoms in total. The zero-order valence-corrected chi connectivity index (χ0v) is 10.4. The number of benzene rings is 1. The number of aliphatic carboxylic acids is 1. The molecule has 8 heteroatoms. The molecule has 112 valence electrons. The lowest BCUT2D eigenvalue weighted by Gasteiger charge is -2.02. The summed E-state index contributed by atoms with van der Waals surface area (Å²) in [6.07, 6.45) is -4.03. The van der Waals surface area contributed by atoms with Gasteiger partial charge >= 0.3 is 18.1 Å². The van der Waals surface area contributed by atoms with Gasteiger partial charge < -0.3 is 15.6 Å². The molecule has 0 heterocycles. The summed E-state index contributed by atoms with van der Waals surface area (Å²) < 4.78 is 36.8. The molecule has 0 aliphatic carbocycles. The summed E-state index contributed by atoms with van der Waals surface area (Å²) in [6, 6.07) is 9.02. The number of hydrogen-bond acceptors (Lipinski definition) is 4. The van der Waals surface area contributed by atoms with Crippen molar-refractivity contribution in [2.75, 3.05) is 6.54 Å². The van der Waals surface area contributed by atoms with Crippen LogP contribution in [0, 0.1) is 0 Å². The Morgan fingerprint density at radius 1 is 1.20 bits per heavy atom. The van der Waals surface area contributed by atoms with Crippen LogP contribution in [0.5, 0.6) is 5.75 Å². The van der Waals surface area contributed by atoms with Crippen molar-refractivity contribution in [3.8, 4) is 5.75 Å². The minimum Gasteiger partial charge on any atom is -0.475 e. The number of halogens is 3. The summed E-state index contributed by atoms with van der Waals surface area (Å²) in [5.41, 5.74) is 5.26. The smallest absolute Gasteiger partial charge is 0.475 e. The quantitative estimate of drug-likeness (QED) is 0.654. The molecule has 0 saturated heterocycles. The molecule has 1 aromatic carbocycles. The van der Waals surface area contributed by atoms with E-state index in [1.807, 2.05) is 18.2 Å². The Bertz CT molecular complexity index is 420. The van der Waals surface area contributed by atoms with Crippen LogP contribution in [-0.2, 0) is 9.59 Å². The molecule has 0 amide bonds. The van der Waals surface area contributed by atoms with Gasteiger partial charge in [0.2, 0.25) is 0 Å². The van der Waals surface area contributed by atoms with Gasteiger partial charge in [0, 0.05) is 6.42 Å². The minimum absolute atomic E-state index is 0.225. The average Bonchev–Trinajstić information content (AvgIpc) is 2.37. The van der Waals surface area contributed by atoms with Crippen LogP contribution in [0.1, 0.15) is 12.8 Å². The van der Waals surface area contributed by atoms with Crippen molar-refractivity contribution in [3.63, 3.8) is 0 Å². The Balaban J connectivity index is 0.000000441. The summed E-state index contributed by atoms with van der Waals surface area (Å²) in [5, 5.41) is 7.12. The molecule has 0 atom stereocenters. The first-order chi connectivity index (χ1) is 9.27. The molecule has 0 fully saturated rings. The molecule has 1 aromatic rings. The van der Waals surface area contributed by atoms with Crippen molar-refractivity contribution in [2.24, 2.45) is 5.73 Å². The van der Waals surface area contributed by atoms with E-state index in [4.69, 9.17) is 20.4 Å². The van der Waals surface area contributed by atoms with Gasteiger partial charge in [-0.3, -0.25) is 4.79 Å². The van der Waals surface area contributed by atoms with Gasteiger partial charge in [0.1, 0.15) is 5.75 Å². The van der Waals surface area contributed by atoms with Crippen LogP contribution in [0.15, 0.2) is 30.3 Å². The number of esters is 1. The molecular weight excluding hydrogens is 279 g/mol. The topological polar surface area (TPSA) is 89.6 Å². The van der Waals surface area contributed by atoms with Crippen LogP contribution in [-0.4, -0.2) is 29.8 Å². The molecule has 1 rings (SSSR count). The predicted molar refractivity (Wildman–Crippen MR) is 64.1 cm³/mol. The van der Waals surface area contributed by atoms with Crippen LogP contribution in [0.25, 0.3) is 0 Å². The zero-order valence-electron chi connectivity index (χ0n) is 10.4.